The zero-order chi connectivity index (χ0) is 13.5. The van der Waals surface area contributed by atoms with E-state index < -0.39 is 12.0 Å². The summed E-state index contributed by atoms with van der Waals surface area (Å²) in [4.78, 5) is 22.0. The van der Waals surface area contributed by atoms with Crippen LogP contribution in [0.3, 0.4) is 0 Å². The highest BCUT2D eigenvalue weighted by Gasteiger charge is 2.22. The molecule has 104 valence electrons. The van der Waals surface area contributed by atoms with Crippen LogP contribution in [0.1, 0.15) is 45.4 Å². The molecule has 4 N–H and O–H groups in total. The van der Waals surface area contributed by atoms with Crippen LogP contribution in [-0.2, 0) is 9.59 Å². The maximum atomic E-state index is 11.5. The zero-order valence-electron chi connectivity index (χ0n) is 11.0. The van der Waals surface area contributed by atoms with Gasteiger partial charge in [-0.25, -0.2) is 0 Å². The zero-order valence-corrected chi connectivity index (χ0v) is 11.0. The molecule has 5 nitrogen and oxygen atoms in total. The lowest BCUT2D eigenvalue weighted by molar-refractivity contribution is -0.139. The molecule has 0 aromatic carbocycles. The number of amides is 1. The number of nitrogens with two attached hydrogens (primary N) is 1. The molecule has 0 saturated heterocycles. The molecule has 0 aliphatic heterocycles. The average molecular weight is 256 g/mol. The van der Waals surface area contributed by atoms with Crippen molar-refractivity contribution in [3.63, 3.8) is 0 Å². The van der Waals surface area contributed by atoms with Crippen LogP contribution < -0.4 is 11.1 Å². The van der Waals surface area contributed by atoms with Crippen molar-refractivity contribution in [2.75, 3.05) is 6.54 Å². The molecule has 1 unspecified atom stereocenters. The number of carbonyl (C=O) groups excluding carboxylic acids is 1. The molecule has 5 heteroatoms. The monoisotopic (exact) mass is 256 g/mol. The van der Waals surface area contributed by atoms with Gasteiger partial charge in [-0.05, 0) is 24.7 Å². The Morgan fingerprint density at radius 2 is 1.83 bits per heavy atom. The van der Waals surface area contributed by atoms with Crippen LogP contribution in [0.2, 0.25) is 0 Å². The lowest BCUT2D eigenvalue weighted by atomic mass is 9.81. The number of aliphatic carboxylic acids is 1. The predicted octanol–water partition coefficient (Wildman–Crippen LogP) is 1.12. The summed E-state index contributed by atoms with van der Waals surface area (Å²) in [5, 5.41) is 11.3. The highest BCUT2D eigenvalue weighted by atomic mass is 16.4. The molecule has 0 bridgehead atoms. The van der Waals surface area contributed by atoms with Crippen LogP contribution in [-0.4, -0.2) is 29.6 Å². The van der Waals surface area contributed by atoms with Gasteiger partial charge < -0.3 is 16.2 Å². The van der Waals surface area contributed by atoms with E-state index in [-0.39, 0.29) is 12.3 Å². The second kappa shape index (κ2) is 7.36. The first-order valence-corrected chi connectivity index (χ1v) is 6.78. The minimum absolute atomic E-state index is 0.311. The Labute approximate surface area is 108 Å². The van der Waals surface area contributed by atoms with Gasteiger partial charge in [-0.1, -0.05) is 26.2 Å². The van der Waals surface area contributed by atoms with E-state index in [9.17, 15) is 9.59 Å². The Bertz CT molecular complexity index is 286. The lowest BCUT2D eigenvalue weighted by Gasteiger charge is -2.28. The molecule has 1 fully saturated rings. The number of carbonyl (C=O) groups is 2. The second-order valence-electron chi connectivity index (χ2n) is 5.24. The van der Waals surface area contributed by atoms with E-state index in [1.165, 1.54) is 19.3 Å². The van der Waals surface area contributed by atoms with E-state index in [4.69, 9.17) is 10.8 Å². The van der Waals surface area contributed by atoms with Crippen molar-refractivity contribution >= 4 is 11.9 Å². The lowest BCUT2D eigenvalue weighted by Crippen LogP contribution is -2.43. The average Bonchev–Trinajstić information content (AvgIpc) is 2.35. The number of rotatable bonds is 6. The molecule has 1 saturated carbocycles. The van der Waals surface area contributed by atoms with Crippen molar-refractivity contribution in [1.29, 1.82) is 0 Å². The van der Waals surface area contributed by atoms with Crippen LogP contribution in [0.5, 0.6) is 0 Å². The fourth-order valence-electron chi connectivity index (χ4n) is 2.50. The van der Waals surface area contributed by atoms with E-state index in [2.05, 4.69) is 12.2 Å². The Morgan fingerprint density at radius 1 is 1.28 bits per heavy atom. The van der Waals surface area contributed by atoms with Crippen molar-refractivity contribution in [2.45, 2.75) is 51.5 Å². The fraction of sp³-hybridized carbons (Fsp3) is 0.846. The maximum Gasteiger partial charge on any atom is 0.305 e. The van der Waals surface area contributed by atoms with Gasteiger partial charge in [-0.2, -0.15) is 0 Å². The Morgan fingerprint density at radius 3 is 2.33 bits per heavy atom. The third-order valence-corrected chi connectivity index (χ3v) is 3.84. The summed E-state index contributed by atoms with van der Waals surface area (Å²) in [6.07, 6.45) is 5.69. The first-order chi connectivity index (χ1) is 8.52. The van der Waals surface area contributed by atoms with E-state index in [0.717, 1.165) is 18.8 Å². The highest BCUT2D eigenvalue weighted by molar-refractivity contribution is 5.85. The SMILES string of the molecule is CCC1CCC(CNC(=O)C(N)CC(=O)O)CC1. The van der Waals surface area contributed by atoms with Gasteiger partial charge in [0.2, 0.25) is 5.91 Å². The van der Waals surface area contributed by atoms with Crippen LogP contribution in [0, 0.1) is 11.8 Å². The van der Waals surface area contributed by atoms with Gasteiger partial charge in [0.05, 0.1) is 12.5 Å². The van der Waals surface area contributed by atoms with Crippen LogP contribution in [0.4, 0.5) is 0 Å². The van der Waals surface area contributed by atoms with Crippen molar-refractivity contribution in [2.24, 2.45) is 17.6 Å². The Kier molecular flexibility index (Phi) is 6.12. The summed E-state index contributed by atoms with van der Waals surface area (Å²) < 4.78 is 0. The summed E-state index contributed by atoms with van der Waals surface area (Å²) in [6.45, 7) is 2.85. The van der Waals surface area contributed by atoms with Crippen molar-refractivity contribution in [3.8, 4) is 0 Å². The number of hydrogen-bond acceptors (Lipinski definition) is 3. The minimum atomic E-state index is -1.04. The van der Waals surface area contributed by atoms with Gasteiger partial charge in [-0.3, -0.25) is 9.59 Å². The third-order valence-electron chi connectivity index (χ3n) is 3.84. The molecule has 1 rings (SSSR count). The molecule has 1 atom stereocenters. The summed E-state index contributed by atoms with van der Waals surface area (Å²) in [5.74, 6) is -0.0314. The minimum Gasteiger partial charge on any atom is -0.481 e. The van der Waals surface area contributed by atoms with Gasteiger partial charge in [0.15, 0.2) is 0 Å². The molecular weight excluding hydrogens is 232 g/mol. The first-order valence-electron chi connectivity index (χ1n) is 6.78. The van der Waals surface area contributed by atoms with Gasteiger partial charge in [0.25, 0.3) is 0 Å². The molecule has 1 aliphatic rings. The summed E-state index contributed by atoms with van der Waals surface area (Å²) in [6, 6.07) is -0.936. The van der Waals surface area contributed by atoms with Crippen molar-refractivity contribution in [3.05, 3.63) is 0 Å². The van der Waals surface area contributed by atoms with Gasteiger partial charge in [0, 0.05) is 6.54 Å². The van der Waals surface area contributed by atoms with Gasteiger partial charge in [-0.15, -0.1) is 0 Å². The molecule has 0 spiro atoms. The molecule has 1 amide bonds. The molecule has 0 aromatic heterocycles. The van der Waals surface area contributed by atoms with Crippen molar-refractivity contribution < 1.29 is 14.7 Å². The summed E-state index contributed by atoms with van der Waals surface area (Å²) >= 11 is 0. The predicted molar refractivity (Wildman–Crippen MR) is 69.0 cm³/mol. The fourth-order valence-corrected chi connectivity index (χ4v) is 2.50. The first kappa shape index (κ1) is 15.0. The van der Waals surface area contributed by atoms with Crippen molar-refractivity contribution in [1.82, 2.24) is 5.32 Å². The van der Waals surface area contributed by atoms with Gasteiger partial charge in [0.1, 0.15) is 0 Å². The Balaban J connectivity index is 2.21. The third kappa shape index (κ3) is 5.04. The molecule has 0 radical (unpaired) electrons. The smallest absolute Gasteiger partial charge is 0.305 e. The van der Waals surface area contributed by atoms with Crippen LogP contribution >= 0.6 is 0 Å². The summed E-state index contributed by atoms with van der Waals surface area (Å²) in [5.41, 5.74) is 5.48. The molecule has 18 heavy (non-hydrogen) atoms. The van der Waals surface area contributed by atoms with Crippen LogP contribution in [0.25, 0.3) is 0 Å². The van der Waals surface area contributed by atoms with Gasteiger partial charge >= 0.3 is 5.97 Å². The quantitative estimate of drug-likeness (QED) is 0.664. The Hall–Kier alpha value is -1.10. The highest BCUT2D eigenvalue weighted by Crippen LogP contribution is 2.29. The molecule has 0 heterocycles. The molecule has 1 aliphatic carbocycles. The van der Waals surface area contributed by atoms with E-state index in [1.807, 2.05) is 0 Å². The van der Waals surface area contributed by atoms with E-state index >= 15 is 0 Å². The standard InChI is InChI=1S/C13H24N2O3/c1-2-9-3-5-10(6-4-9)8-15-13(18)11(14)7-12(16)17/h9-11H,2-8,14H2,1H3,(H,15,18)(H,16,17). The van der Waals surface area contributed by atoms with Crippen LogP contribution in [0.15, 0.2) is 0 Å². The number of nitrogens with one attached hydrogen (secondary N) is 1. The number of hydrogen-bond donors (Lipinski definition) is 3. The van der Waals surface area contributed by atoms with E-state index in [1.54, 1.807) is 0 Å². The number of carboxylic acids is 1. The topological polar surface area (TPSA) is 92.4 Å². The maximum absolute atomic E-state index is 11.5. The second-order valence-corrected chi connectivity index (χ2v) is 5.24. The largest absolute Gasteiger partial charge is 0.481 e. The molecule has 0 aromatic rings. The molecular formula is C13H24N2O3. The summed E-state index contributed by atoms with van der Waals surface area (Å²) in [7, 11) is 0. The normalized spacial score (nSPS) is 25.4. The number of carboxylic acid groups (broad SMARTS) is 1. The van der Waals surface area contributed by atoms with E-state index in [0.29, 0.717) is 12.5 Å².